The molecule has 2 aromatic rings. The number of benzene rings is 2. The molecule has 1 aliphatic rings. The molecule has 0 aromatic heterocycles. The monoisotopic (exact) mass is 370 g/mol. The third kappa shape index (κ3) is 3.91. The molecule has 0 spiro atoms. The van der Waals surface area contributed by atoms with Gasteiger partial charge in [-0.1, -0.05) is 41.9 Å². The second-order valence-electron chi connectivity index (χ2n) is 6.81. The van der Waals surface area contributed by atoms with Gasteiger partial charge < -0.3 is 14.6 Å². The van der Waals surface area contributed by atoms with E-state index in [9.17, 15) is 9.59 Å². The van der Waals surface area contributed by atoms with E-state index in [1.807, 2.05) is 43.1 Å². The van der Waals surface area contributed by atoms with Crippen LogP contribution in [-0.2, 0) is 22.4 Å². The van der Waals surface area contributed by atoms with Crippen LogP contribution in [0.4, 0.5) is 5.69 Å². The van der Waals surface area contributed by atoms with Gasteiger partial charge in [0, 0.05) is 23.8 Å². The standard InChI is InChI=1S/C21H23ClN2O2/c1-15-7-8-18(22)13-20(15)24(9-10-25)14-21(26)23(2)19-11-16-5-3-4-6-17(16)12-19/h3-8,10,13,19H,9,11-12,14H2,1-2H3. The maximum Gasteiger partial charge on any atom is 0.242 e. The van der Waals surface area contributed by atoms with Gasteiger partial charge in [0.25, 0.3) is 0 Å². The fourth-order valence-electron chi connectivity index (χ4n) is 3.55. The molecule has 0 atom stereocenters. The number of carbonyl (C=O) groups excluding carboxylic acids is 2. The third-order valence-corrected chi connectivity index (χ3v) is 5.34. The molecule has 0 aliphatic heterocycles. The van der Waals surface area contributed by atoms with Crippen molar-refractivity contribution < 1.29 is 9.59 Å². The van der Waals surface area contributed by atoms with Crippen molar-refractivity contribution in [3.05, 3.63) is 64.2 Å². The summed E-state index contributed by atoms with van der Waals surface area (Å²) in [7, 11) is 1.85. The van der Waals surface area contributed by atoms with Gasteiger partial charge in [-0.05, 0) is 48.6 Å². The molecule has 5 heteroatoms. The van der Waals surface area contributed by atoms with Gasteiger partial charge in [-0.15, -0.1) is 0 Å². The lowest BCUT2D eigenvalue weighted by atomic mass is 10.1. The normalized spacial score (nSPS) is 13.3. The van der Waals surface area contributed by atoms with Crippen molar-refractivity contribution in [1.29, 1.82) is 0 Å². The number of carbonyl (C=O) groups is 2. The van der Waals surface area contributed by atoms with Crippen LogP contribution in [0.25, 0.3) is 0 Å². The molecule has 1 amide bonds. The lowest BCUT2D eigenvalue weighted by Gasteiger charge is -2.29. The number of hydrogen-bond acceptors (Lipinski definition) is 3. The first-order valence-corrected chi connectivity index (χ1v) is 9.14. The van der Waals surface area contributed by atoms with Crippen molar-refractivity contribution in [3.63, 3.8) is 0 Å². The van der Waals surface area contributed by atoms with Crippen molar-refractivity contribution in [1.82, 2.24) is 4.90 Å². The van der Waals surface area contributed by atoms with Crippen LogP contribution in [-0.4, -0.2) is 43.3 Å². The Morgan fingerprint density at radius 3 is 2.46 bits per heavy atom. The predicted molar refractivity (Wildman–Crippen MR) is 105 cm³/mol. The minimum atomic E-state index is 0.00373. The van der Waals surface area contributed by atoms with Crippen LogP contribution in [0.2, 0.25) is 5.02 Å². The molecule has 0 unspecified atom stereocenters. The highest BCUT2D eigenvalue weighted by molar-refractivity contribution is 6.30. The first-order valence-electron chi connectivity index (χ1n) is 8.76. The van der Waals surface area contributed by atoms with E-state index in [1.165, 1.54) is 11.1 Å². The first-order chi connectivity index (χ1) is 12.5. The number of halogens is 1. The Hall–Kier alpha value is -2.33. The Morgan fingerprint density at radius 1 is 1.19 bits per heavy atom. The summed E-state index contributed by atoms with van der Waals surface area (Å²) in [5.41, 5.74) is 4.43. The molecule has 0 radical (unpaired) electrons. The highest BCUT2D eigenvalue weighted by atomic mass is 35.5. The molecule has 0 saturated heterocycles. The average molecular weight is 371 g/mol. The zero-order valence-corrected chi connectivity index (χ0v) is 15.9. The van der Waals surface area contributed by atoms with Crippen molar-refractivity contribution in [2.75, 3.05) is 25.0 Å². The fourth-order valence-corrected chi connectivity index (χ4v) is 3.72. The number of aldehydes is 1. The summed E-state index contributed by atoms with van der Waals surface area (Å²) in [5, 5.41) is 0.591. The SMILES string of the molecule is Cc1ccc(Cl)cc1N(CC=O)CC(=O)N(C)C1Cc2ccccc2C1. The van der Waals surface area contributed by atoms with Gasteiger partial charge in [0.05, 0.1) is 13.1 Å². The Labute approximate surface area is 159 Å². The molecular formula is C21H23ClN2O2. The molecule has 0 fully saturated rings. The van der Waals surface area contributed by atoms with Crippen molar-refractivity contribution in [3.8, 4) is 0 Å². The number of nitrogens with zero attached hydrogens (tertiary/aromatic N) is 2. The molecule has 1 aliphatic carbocycles. The minimum Gasteiger partial charge on any atom is -0.355 e. The Bertz CT molecular complexity index is 796. The van der Waals surface area contributed by atoms with Gasteiger partial charge in [-0.3, -0.25) is 4.79 Å². The third-order valence-electron chi connectivity index (χ3n) is 5.10. The Kier molecular flexibility index (Phi) is 5.62. The van der Waals surface area contributed by atoms with Crippen LogP contribution in [0.3, 0.4) is 0 Å². The topological polar surface area (TPSA) is 40.6 Å². The molecule has 0 bridgehead atoms. The fraction of sp³-hybridized carbons (Fsp3) is 0.333. The second kappa shape index (κ2) is 7.92. The number of rotatable bonds is 6. The van der Waals surface area contributed by atoms with Gasteiger partial charge in [-0.2, -0.15) is 0 Å². The summed E-state index contributed by atoms with van der Waals surface area (Å²) < 4.78 is 0. The summed E-state index contributed by atoms with van der Waals surface area (Å²) in [5.74, 6) is 0.00373. The molecular weight excluding hydrogens is 348 g/mol. The molecule has 136 valence electrons. The maximum absolute atomic E-state index is 12.9. The van der Waals surface area contributed by atoms with Gasteiger partial charge >= 0.3 is 0 Å². The van der Waals surface area contributed by atoms with E-state index in [0.717, 1.165) is 30.4 Å². The Morgan fingerprint density at radius 2 is 1.85 bits per heavy atom. The molecule has 0 N–H and O–H groups in total. The summed E-state index contributed by atoms with van der Waals surface area (Å²) in [6.07, 6.45) is 2.57. The van der Waals surface area contributed by atoms with Crippen LogP contribution in [0, 0.1) is 6.92 Å². The van der Waals surface area contributed by atoms with E-state index in [0.29, 0.717) is 5.02 Å². The summed E-state index contributed by atoms with van der Waals surface area (Å²) in [6.45, 7) is 2.26. The van der Waals surface area contributed by atoms with Crippen molar-refractivity contribution >= 4 is 29.5 Å². The van der Waals surface area contributed by atoms with Crippen LogP contribution in [0.1, 0.15) is 16.7 Å². The van der Waals surface area contributed by atoms with Crippen LogP contribution in [0.15, 0.2) is 42.5 Å². The van der Waals surface area contributed by atoms with Gasteiger partial charge in [0.15, 0.2) is 0 Å². The van der Waals surface area contributed by atoms with E-state index in [4.69, 9.17) is 11.6 Å². The smallest absolute Gasteiger partial charge is 0.242 e. The summed E-state index contributed by atoms with van der Waals surface area (Å²) >= 11 is 6.10. The van der Waals surface area contributed by atoms with Crippen LogP contribution in [0.5, 0.6) is 0 Å². The first kappa shape index (κ1) is 18.5. The average Bonchev–Trinajstić information content (AvgIpc) is 3.06. The predicted octanol–water partition coefficient (Wildman–Crippen LogP) is 3.28. The largest absolute Gasteiger partial charge is 0.355 e. The van der Waals surface area contributed by atoms with E-state index >= 15 is 0 Å². The van der Waals surface area contributed by atoms with Crippen molar-refractivity contribution in [2.24, 2.45) is 0 Å². The van der Waals surface area contributed by atoms with Gasteiger partial charge in [0.2, 0.25) is 5.91 Å². The second-order valence-corrected chi connectivity index (χ2v) is 7.25. The number of amides is 1. The molecule has 0 heterocycles. The van der Waals surface area contributed by atoms with Gasteiger partial charge in [-0.25, -0.2) is 0 Å². The number of likely N-dealkylation sites (N-methyl/N-ethyl adjacent to an activating group) is 1. The Balaban J connectivity index is 1.72. The number of anilines is 1. The molecule has 3 rings (SSSR count). The quantitative estimate of drug-likeness (QED) is 0.733. The number of fused-ring (bicyclic) bond motifs is 1. The molecule has 4 nitrogen and oxygen atoms in total. The van der Waals surface area contributed by atoms with Crippen LogP contribution >= 0.6 is 11.6 Å². The summed E-state index contributed by atoms with van der Waals surface area (Å²) in [6, 6.07) is 14.0. The minimum absolute atomic E-state index is 0.00373. The highest BCUT2D eigenvalue weighted by Gasteiger charge is 2.28. The summed E-state index contributed by atoms with van der Waals surface area (Å²) in [4.78, 5) is 27.6. The van der Waals surface area contributed by atoms with Crippen LogP contribution < -0.4 is 4.90 Å². The van der Waals surface area contributed by atoms with E-state index < -0.39 is 0 Å². The number of aryl methyl sites for hydroxylation is 1. The lowest BCUT2D eigenvalue weighted by Crippen LogP contribution is -2.44. The van der Waals surface area contributed by atoms with Gasteiger partial charge in [0.1, 0.15) is 6.29 Å². The molecule has 0 saturated carbocycles. The van der Waals surface area contributed by atoms with E-state index in [2.05, 4.69) is 12.1 Å². The lowest BCUT2D eigenvalue weighted by molar-refractivity contribution is -0.130. The highest BCUT2D eigenvalue weighted by Crippen LogP contribution is 2.26. The van der Waals surface area contributed by atoms with Crippen molar-refractivity contribution in [2.45, 2.75) is 25.8 Å². The zero-order valence-electron chi connectivity index (χ0n) is 15.1. The number of hydrogen-bond donors (Lipinski definition) is 0. The maximum atomic E-state index is 12.9. The van der Waals surface area contributed by atoms with E-state index in [-0.39, 0.29) is 25.0 Å². The zero-order chi connectivity index (χ0) is 18.7. The van der Waals surface area contributed by atoms with E-state index in [1.54, 1.807) is 11.0 Å². The molecule has 2 aromatic carbocycles. The molecule has 26 heavy (non-hydrogen) atoms.